The van der Waals surface area contributed by atoms with Crippen molar-refractivity contribution in [1.82, 2.24) is 35.0 Å². The molecule has 16 nitrogen and oxygen atoms in total. The van der Waals surface area contributed by atoms with E-state index >= 15 is 0 Å². The summed E-state index contributed by atoms with van der Waals surface area (Å²) in [6, 6.07) is -0.902. The minimum absolute atomic E-state index is 0.0294. The van der Waals surface area contributed by atoms with E-state index in [1.807, 2.05) is 0 Å². The van der Waals surface area contributed by atoms with Crippen LogP contribution in [0.5, 0.6) is 0 Å². The van der Waals surface area contributed by atoms with Crippen molar-refractivity contribution in [3.63, 3.8) is 0 Å². The fourth-order valence-corrected chi connectivity index (χ4v) is 8.21. The molecule has 2 aromatic heterocycles. The van der Waals surface area contributed by atoms with Gasteiger partial charge in [0.1, 0.15) is 23.9 Å². The van der Waals surface area contributed by atoms with Crippen LogP contribution < -0.4 is 10.1 Å². The molecule has 3 atom stereocenters. The Bertz CT molecular complexity index is 1480. The van der Waals surface area contributed by atoms with Crippen LogP contribution in [0.2, 0.25) is 0 Å². The lowest BCUT2D eigenvalue weighted by Gasteiger charge is -2.53. The van der Waals surface area contributed by atoms with E-state index in [2.05, 4.69) is 30.4 Å². The zero-order valence-electron chi connectivity index (χ0n) is 20.5. The predicted molar refractivity (Wildman–Crippen MR) is 137 cm³/mol. The summed E-state index contributed by atoms with van der Waals surface area (Å²) in [5, 5.41) is 29.1. The summed E-state index contributed by atoms with van der Waals surface area (Å²) in [7, 11) is 0.728. The maximum atomic E-state index is 13.1. The first-order valence-electron chi connectivity index (χ1n) is 10.7. The Morgan fingerprint density at radius 1 is 1.39 bits per heavy atom. The third kappa shape index (κ3) is 5.43. The van der Waals surface area contributed by atoms with Crippen molar-refractivity contribution in [3.8, 4) is 0 Å². The molecule has 0 radical (unpaired) electrons. The standard InChI is InChI=1S/C18H23N9O7S4/c1-25-9(5-35-17(25)22-38(4,32)33)10(21-34-3)12(28)19-11-13(29)27-6-18(15(30)31,7-36-14(11)27)8-37-16-20-23-24-26(16)2/h5,11,14H,6-8H2,1-4H3,(H,19,28)(H,30,31)/t11?,14-,18?/m1/s1. The molecule has 0 saturated carbocycles. The van der Waals surface area contributed by atoms with Crippen molar-refractivity contribution in [2.24, 2.45) is 29.1 Å². The number of aryl methyl sites for hydroxylation is 1. The van der Waals surface area contributed by atoms with Crippen molar-refractivity contribution in [2.45, 2.75) is 16.6 Å². The number of oxime groups is 1. The lowest BCUT2D eigenvalue weighted by atomic mass is 9.89. The summed E-state index contributed by atoms with van der Waals surface area (Å²) < 4.78 is 29.6. The van der Waals surface area contributed by atoms with Gasteiger partial charge in [0.2, 0.25) is 15.9 Å². The number of tetrazole rings is 1. The summed E-state index contributed by atoms with van der Waals surface area (Å²) in [4.78, 5) is 44.7. The Balaban J connectivity index is 1.47. The molecule has 2 aliphatic rings. The number of sulfonamides is 1. The van der Waals surface area contributed by atoms with Crippen LogP contribution in [-0.2, 0) is 43.3 Å². The number of thiazole rings is 1. The molecule has 0 bridgehead atoms. The molecule has 2 aromatic rings. The van der Waals surface area contributed by atoms with E-state index in [-0.39, 0.29) is 34.3 Å². The van der Waals surface area contributed by atoms with Gasteiger partial charge >= 0.3 is 5.97 Å². The molecule has 2 saturated heterocycles. The molecule has 0 spiro atoms. The number of hydrogen-bond donors (Lipinski definition) is 2. The van der Waals surface area contributed by atoms with E-state index in [1.165, 1.54) is 57.2 Å². The number of fused-ring (bicyclic) bond motifs is 1. The van der Waals surface area contributed by atoms with E-state index < -0.39 is 44.6 Å². The summed E-state index contributed by atoms with van der Waals surface area (Å²) in [5.74, 6) is -1.83. The van der Waals surface area contributed by atoms with Gasteiger partial charge in [-0.05, 0) is 10.4 Å². The maximum absolute atomic E-state index is 13.1. The van der Waals surface area contributed by atoms with Gasteiger partial charge in [-0.15, -0.1) is 32.6 Å². The van der Waals surface area contributed by atoms with Crippen LogP contribution in [0.25, 0.3) is 0 Å². The fourth-order valence-electron chi connectivity index (χ4n) is 3.77. The molecule has 4 rings (SSSR count). The highest BCUT2D eigenvalue weighted by molar-refractivity contribution is 8.00. The number of hydrogen-bond acceptors (Lipinski definition) is 13. The number of carboxylic acid groups (broad SMARTS) is 1. The number of rotatable bonds is 9. The Kier molecular flexibility index (Phi) is 7.86. The average Bonchev–Trinajstić information content (AvgIpc) is 3.42. The molecule has 2 amide bonds. The molecule has 0 aromatic carbocycles. The predicted octanol–water partition coefficient (Wildman–Crippen LogP) is -1.92. The van der Waals surface area contributed by atoms with E-state index in [0.29, 0.717) is 5.16 Å². The molecule has 0 aliphatic carbocycles. The van der Waals surface area contributed by atoms with Crippen molar-refractivity contribution in [3.05, 3.63) is 15.9 Å². The van der Waals surface area contributed by atoms with E-state index in [9.17, 15) is 27.9 Å². The van der Waals surface area contributed by atoms with Crippen molar-refractivity contribution in [1.29, 1.82) is 0 Å². The molecule has 2 unspecified atom stereocenters. The van der Waals surface area contributed by atoms with Crippen LogP contribution in [0.15, 0.2) is 20.1 Å². The summed E-state index contributed by atoms with van der Waals surface area (Å²) >= 11 is 3.44. The number of nitrogens with zero attached hydrogens (tertiary/aromatic N) is 8. The third-order valence-electron chi connectivity index (χ3n) is 5.75. The topological polar surface area (TPSA) is 203 Å². The van der Waals surface area contributed by atoms with Gasteiger partial charge in [0.25, 0.3) is 15.9 Å². The number of carbonyl (C=O) groups is 3. The third-order valence-corrected chi connectivity index (χ3v) is 10.2. The fraction of sp³-hybridized carbons (Fsp3) is 0.556. The molecular weight excluding hydrogens is 583 g/mol. The number of nitrogens with one attached hydrogen (secondary N) is 1. The van der Waals surface area contributed by atoms with Gasteiger partial charge < -0.3 is 24.7 Å². The normalized spacial score (nSPS) is 24.1. The first-order chi connectivity index (χ1) is 17.9. The average molecular weight is 606 g/mol. The van der Waals surface area contributed by atoms with E-state index in [0.717, 1.165) is 17.6 Å². The second kappa shape index (κ2) is 10.7. The van der Waals surface area contributed by atoms with Gasteiger partial charge in [-0.1, -0.05) is 16.9 Å². The molecular formula is C18H23N9O7S4. The molecule has 2 aliphatic heterocycles. The SMILES string of the molecule is CON=C(C(=O)NC1C(=O)N2CC(CSc3nnnn3C)(C(=O)O)CS[C@H]12)c1csc(=NS(C)(=O)=O)n1C. The Morgan fingerprint density at radius 3 is 2.74 bits per heavy atom. The highest BCUT2D eigenvalue weighted by Gasteiger charge is 2.57. The molecule has 4 heterocycles. The number of amides is 2. The molecule has 2 N–H and O–H groups in total. The van der Waals surface area contributed by atoms with Gasteiger partial charge in [0, 0.05) is 37.5 Å². The van der Waals surface area contributed by atoms with E-state index in [4.69, 9.17) is 4.84 Å². The first-order valence-corrected chi connectivity index (χ1v) is 15.5. The Morgan fingerprint density at radius 2 is 2.13 bits per heavy atom. The smallest absolute Gasteiger partial charge is 0.313 e. The monoisotopic (exact) mass is 605 g/mol. The summed E-state index contributed by atoms with van der Waals surface area (Å²) in [5.41, 5.74) is -1.17. The number of β-lactam (4-membered cyclic amide) rings is 1. The van der Waals surface area contributed by atoms with Crippen molar-refractivity contribution in [2.75, 3.05) is 31.4 Å². The van der Waals surface area contributed by atoms with Crippen LogP contribution in [0.1, 0.15) is 5.69 Å². The summed E-state index contributed by atoms with van der Waals surface area (Å²) in [6.45, 7) is -0.0294. The van der Waals surface area contributed by atoms with Crippen LogP contribution in [0, 0.1) is 5.41 Å². The second-order valence-corrected chi connectivity index (χ2v) is 13.0. The number of carboxylic acids is 1. The van der Waals surface area contributed by atoms with Gasteiger partial charge in [0.15, 0.2) is 5.71 Å². The number of aromatic nitrogens is 5. The maximum Gasteiger partial charge on any atom is 0.313 e. The lowest BCUT2D eigenvalue weighted by Crippen LogP contribution is -2.74. The number of aliphatic carboxylic acids is 1. The van der Waals surface area contributed by atoms with Crippen LogP contribution >= 0.6 is 34.9 Å². The largest absolute Gasteiger partial charge is 0.481 e. The Hall–Kier alpha value is -2.97. The molecule has 206 valence electrons. The zero-order chi connectivity index (χ0) is 27.8. The minimum atomic E-state index is -3.68. The second-order valence-electron chi connectivity index (χ2n) is 8.49. The zero-order valence-corrected chi connectivity index (χ0v) is 23.7. The van der Waals surface area contributed by atoms with Crippen LogP contribution in [-0.4, -0.2) is 110 Å². The summed E-state index contributed by atoms with van der Waals surface area (Å²) in [6.07, 6.45) is 0.948. The lowest BCUT2D eigenvalue weighted by molar-refractivity contribution is -0.157. The minimum Gasteiger partial charge on any atom is -0.481 e. The molecule has 20 heteroatoms. The molecule has 2 fully saturated rings. The highest BCUT2D eigenvalue weighted by Crippen LogP contribution is 2.44. The number of carbonyl (C=O) groups excluding carboxylic acids is 2. The first kappa shape index (κ1) is 28.0. The Labute approximate surface area is 228 Å². The van der Waals surface area contributed by atoms with Crippen LogP contribution in [0.3, 0.4) is 0 Å². The van der Waals surface area contributed by atoms with Gasteiger partial charge in [-0.25, -0.2) is 13.1 Å². The number of thioether (sulfide) groups is 2. The molecule has 38 heavy (non-hydrogen) atoms. The highest BCUT2D eigenvalue weighted by atomic mass is 32.2. The van der Waals surface area contributed by atoms with Gasteiger partial charge in [-0.2, -0.15) is 0 Å². The van der Waals surface area contributed by atoms with Crippen molar-refractivity contribution < 1.29 is 32.7 Å². The van der Waals surface area contributed by atoms with Crippen LogP contribution in [0.4, 0.5) is 0 Å². The van der Waals surface area contributed by atoms with Gasteiger partial charge in [0.05, 0.1) is 11.9 Å². The van der Waals surface area contributed by atoms with Gasteiger partial charge in [-0.3, -0.25) is 14.4 Å². The quantitative estimate of drug-likeness (QED) is 0.139. The van der Waals surface area contributed by atoms with Crippen molar-refractivity contribution >= 4 is 68.4 Å². The van der Waals surface area contributed by atoms with E-state index in [1.54, 1.807) is 7.05 Å².